The first kappa shape index (κ1) is 11.4. The molecule has 0 unspecified atom stereocenters. The van der Waals surface area contributed by atoms with Crippen molar-refractivity contribution in [1.29, 1.82) is 0 Å². The largest absolute Gasteiger partial charge is 0.494 e. The molecule has 0 saturated carbocycles. The number of nitrogens with two attached hydrogens (primary N) is 1. The number of hydrogen-bond donors (Lipinski definition) is 1. The molecule has 94 valence electrons. The third kappa shape index (κ3) is 1.95. The fourth-order valence-corrected chi connectivity index (χ4v) is 2.04. The van der Waals surface area contributed by atoms with E-state index in [9.17, 15) is 0 Å². The van der Waals surface area contributed by atoms with Gasteiger partial charge in [0.25, 0.3) is 0 Å². The monoisotopic (exact) mass is 252 g/mol. The highest BCUT2D eigenvalue weighted by Gasteiger charge is 2.09. The molecule has 0 radical (unpaired) electrons. The van der Waals surface area contributed by atoms with E-state index in [2.05, 4.69) is 15.0 Å². The van der Waals surface area contributed by atoms with Gasteiger partial charge in [-0.1, -0.05) is 6.07 Å². The van der Waals surface area contributed by atoms with Crippen LogP contribution in [-0.4, -0.2) is 22.1 Å². The van der Waals surface area contributed by atoms with Crippen molar-refractivity contribution >= 4 is 16.9 Å². The van der Waals surface area contributed by atoms with Crippen LogP contribution < -0.4 is 10.5 Å². The zero-order valence-corrected chi connectivity index (χ0v) is 10.4. The Morgan fingerprint density at radius 2 is 1.84 bits per heavy atom. The summed E-state index contributed by atoms with van der Waals surface area (Å²) in [5.74, 6) is 1.01. The summed E-state index contributed by atoms with van der Waals surface area (Å²) in [6.45, 7) is 0. The molecule has 0 aliphatic heterocycles. The highest BCUT2D eigenvalue weighted by atomic mass is 16.5. The van der Waals surface area contributed by atoms with Crippen molar-refractivity contribution < 1.29 is 4.74 Å². The van der Waals surface area contributed by atoms with Crippen LogP contribution in [0.25, 0.3) is 22.0 Å². The van der Waals surface area contributed by atoms with E-state index in [0.717, 1.165) is 27.8 Å². The lowest BCUT2D eigenvalue weighted by molar-refractivity contribution is 0.419. The minimum absolute atomic E-state index is 0.264. The minimum Gasteiger partial charge on any atom is -0.494 e. The van der Waals surface area contributed by atoms with Gasteiger partial charge in [0.15, 0.2) is 0 Å². The van der Waals surface area contributed by atoms with E-state index in [0.29, 0.717) is 0 Å². The summed E-state index contributed by atoms with van der Waals surface area (Å²) in [5, 5.41) is 0.996. The fraction of sp³-hybridized carbons (Fsp3) is 0.0714. The lowest BCUT2D eigenvalue weighted by Crippen LogP contribution is -1.94. The topological polar surface area (TPSA) is 73.9 Å². The van der Waals surface area contributed by atoms with Crippen molar-refractivity contribution in [1.82, 2.24) is 15.0 Å². The highest BCUT2D eigenvalue weighted by Crippen LogP contribution is 2.32. The maximum Gasteiger partial charge on any atom is 0.219 e. The second-order valence-corrected chi connectivity index (χ2v) is 4.04. The molecule has 0 atom stereocenters. The molecule has 2 N–H and O–H groups in total. The highest BCUT2D eigenvalue weighted by molar-refractivity contribution is 5.97. The molecule has 19 heavy (non-hydrogen) atoms. The van der Waals surface area contributed by atoms with Gasteiger partial charge in [-0.15, -0.1) is 0 Å². The maximum absolute atomic E-state index is 5.51. The first-order valence-corrected chi connectivity index (χ1v) is 5.79. The standard InChI is InChI=1S/C14H12N4O/c1-19-12-5-4-10(9-7-17-14(15)18-8-9)11-3-2-6-16-13(11)12/h2-8H,1H3,(H2,15,17,18). The van der Waals surface area contributed by atoms with Gasteiger partial charge in [0.1, 0.15) is 11.3 Å². The van der Waals surface area contributed by atoms with E-state index >= 15 is 0 Å². The Hall–Kier alpha value is -2.69. The van der Waals surface area contributed by atoms with E-state index in [1.165, 1.54) is 0 Å². The molecule has 3 aromatic rings. The predicted molar refractivity (Wildman–Crippen MR) is 73.7 cm³/mol. The van der Waals surface area contributed by atoms with Crippen LogP contribution in [0.4, 0.5) is 5.95 Å². The van der Waals surface area contributed by atoms with Gasteiger partial charge in [-0.05, 0) is 23.8 Å². The molecular formula is C14H12N4O. The van der Waals surface area contributed by atoms with Gasteiger partial charge in [0, 0.05) is 29.5 Å². The normalized spacial score (nSPS) is 10.6. The van der Waals surface area contributed by atoms with Gasteiger partial charge < -0.3 is 10.5 Å². The Balaban J connectivity index is 2.27. The second kappa shape index (κ2) is 4.53. The SMILES string of the molecule is COc1ccc(-c2cnc(N)nc2)c2cccnc12. The van der Waals surface area contributed by atoms with Gasteiger partial charge in [-0.3, -0.25) is 4.98 Å². The van der Waals surface area contributed by atoms with E-state index in [4.69, 9.17) is 10.5 Å². The smallest absolute Gasteiger partial charge is 0.219 e. The summed E-state index contributed by atoms with van der Waals surface area (Å²) in [4.78, 5) is 12.4. The molecule has 3 rings (SSSR count). The van der Waals surface area contributed by atoms with Crippen molar-refractivity contribution in [3.8, 4) is 16.9 Å². The average Bonchev–Trinajstić information content (AvgIpc) is 2.47. The van der Waals surface area contributed by atoms with E-state index in [1.54, 1.807) is 25.7 Å². The molecule has 0 aliphatic rings. The molecule has 1 aromatic carbocycles. The number of nitrogen functional groups attached to an aromatic ring is 1. The molecule has 2 heterocycles. The minimum atomic E-state index is 0.264. The zero-order chi connectivity index (χ0) is 13.2. The number of benzene rings is 1. The summed E-state index contributed by atoms with van der Waals surface area (Å²) >= 11 is 0. The first-order chi connectivity index (χ1) is 9.29. The molecule has 0 bridgehead atoms. The van der Waals surface area contributed by atoms with Gasteiger partial charge in [0.2, 0.25) is 5.95 Å². The summed E-state index contributed by atoms with van der Waals surface area (Å²) < 4.78 is 5.32. The molecule has 0 fully saturated rings. The second-order valence-electron chi connectivity index (χ2n) is 4.04. The van der Waals surface area contributed by atoms with Gasteiger partial charge in [-0.2, -0.15) is 0 Å². The molecule has 2 aromatic heterocycles. The first-order valence-electron chi connectivity index (χ1n) is 5.79. The van der Waals surface area contributed by atoms with Crippen LogP contribution in [-0.2, 0) is 0 Å². The lowest BCUT2D eigenvalue weighted by Gasteiger charge is -2.09. The maximum atomic E-state index is 5.51. The number of fused-ring (bicyclic) bond motifs is 1. The van der Waals surface area contributed by atoms with E-state index in [-0.39, 0.29) is 5.95 Å². The Morgan fingerprint density at radius 1 is 1.05 bits per heavy atom. The van der Waals surface area contributed by atoms with Crippen molar-refractivity contribution in [3.05, 3.63) is 42.9 Å². The molecule has 5 heteroatoms. The van der Waals surface area contributed by atoms with Crippen LogP contribution >= 0.6 is 0 Å². The lowest BCUT2D eigenvalue weighted by atomic mass is 10.0. The molecule has 0 amide bonds. The third-order valence-electron chi connectivity index (χ3n) is 2.94. The molecule has 0 aliphatic carbocycles. The molecular weight excluding hydrogens is 240 g/mol. The van der Waals surface area contributed by atoms with Gasteiger partial charge >= 0.3 is 0 Å². The number of nitrogens with zero attached hydrogens (tertiary/aromatic N) is 3. The predicted octanol–water partition coefficient (Wildman–Crippen LogP) is 2.28. The number of hydrogen-bond acceptors (Lipinski definition) is 5. The Bertz CT molecular complexity index is 725. The van der Waals surface area contributed by atoms with Crippen LogP contribution in [0.5, 0.6) is 5.75 Å². The van der Waals surface area contributed by atoms with Crippen LogP contribution in [0.2, 0.25) is 0 Å². The van der Waals surface area contributed by atoms with Gasteiger partial charge in [0.05, 0.1) is 7.11 Å². The summed E-state index contributed by atoms with van der Waals surface area (Å²) in [7, 11) is 1.63. The number of pyridine rings is 1. The average molecular weight is 252 g/mol. The van der Waals surface area contributed by atoms with Crippen molar-refractivity contribution in [2.45, 2.75) is 0 Å². The third-order valence-corrected chi connectivity index (χ3v) is 2.94. The van der Waals surface area contributed by atoms with Crippen LogP contribution in [0.15, 0.2) is 42.9 Å². The Labute approximate surface area is 110 Å². The van der Waals surface area contributed by atoms with Crippen LogP contribution in [0.3, 0.4) is 0 Å². The van der Waals surface area contributed by atoms with Crippen molar-refractivity contribution in [2.24, 2.45) is 0 Å². The van der Waals surface area contributed by atoms with E-state index < -0.39 is 0 Å². The van der Waals surface area contributed by atoms with Gasteiger partial charge in [-0.25, -0.2) is 9.97 Å². The number of rotatable bonds is 2. The number of ether oxygens (including phenoxy) is 1. The van der Waals surface area contributed by atoms with Crippen molar-refractivity contribution in [3.63, 3.8) is 0 Å². The van der Waals surface area contributed by atoms with E-state index in [1.807, 2.05) is 24.3 Å². The number of anilines is 1. The Morgan fingerprint density at radius 3 is 2.58 bits per heavy atom. The van der Waals surface area contributed by atoms with Crippen LogP contribution in [0, 0.1) is 0 Å². The van der Waals surface area contributed by atoms with Crippen LogP contribution in [0.1, 0.15) is 0 Å². The number of aromatic nitrogens is 3. The zero-order valence-electron chi connectivity index (χ0n) is 10.4. The molecule has 0 spiro atoms. The number of methoxy groups -OCH3 is 1. The molecule has 5 nitrogen and oxygen atoms in total. The summed E-state index contributed by atoms with van der Waals surface area (Å²) in [6, 6.07) is 7.75. The summed E-state index contributed by atoms with van der Waals surface area (Å²) in [6.07, 6.45) is 5.15. The summed E-state index contributed by atoms with van der Waals surface area (Å²) in [5.41, 5.74) is 8.23. The Kier molecular flexibility index (Phi) is 2.72. The molecule has 0 saturated heterocycles. The quantitative estimate of drug-likeness (QED) is 0.757. The fourth-order valence-electron chi connectivity index (χ4n) is 2.04. The van der Waals surface area contributed by atoms with Crippen molar-refractivity contribution in [2.75, 3.05) is 12.8 Å².